The fraction of sp³-hybridized carbons (Fsp3) is 0.385. The Morgan fingerprint density at radius 1 is 1.52 bits per heavy atom. The first-order valence-electron chi connectivity index (χ1n) is 6.64. The molecule has 2 N–H and O–H groups in total. The van der Waals surface area contributed by atoms with E-state index in [-0.39, 0.29) is 17.5 Å². The third-order valence-electron chi connectivity index (χ3n) is 2.77. The largest absolute Gasteiger partial charge is 0.469 e. The average molecular weight is 291 g/mol. The van der Waals surface area contributed by atoms with Crippen LogP contribution < -0.4 is 10.6 Å². The molecule has 2 aromatic heterocycles. The van der Waals surface area contributed by atoms with Gasteiger partial charge in [-0.25, -0.2) is 4.98 Å². The van der Waals surface area contributed by atoms with Crippen molar-refractivity contribution in [2.75, 3.05) is 17.2 Å². The molecule has 0 spiro atoms. The van der Waals surface area contributed by atoms with Crippen molar-refractivity contribution in [1.82, 2.24) is 9.97 Å². The second kappa shape index (κ2) is 6.69. The number of hydrogen-bond acceptors (Lipinski definition) is 7. The molecule has 0 amide bonds. The number of nitrogens with one attached hydrogen (secondary N) is 2. The van der Waals surface area contributed by atoms with Crippen molar-refractivity contribution < 1.29 is 9.34 Å². The van der Waals surface area contributed by atoms with Gasteiger partial charge in [-0.3, -0.25) is 10.1 Å². The number of aromatic nitrogens is 2. The maximum absolute atomic E-state index is 11.0. The van der Waals surface area contributed by atoms with E-state index < -0.39 is 4.92 Å². The molecule has 1 atom stereocenters. The maximum Gasteiger partial charge on any atom is 0.329 e. The van der Waals surface area contributed by atoms with Gasteiger partial charge < -0.3 is 15.1 Å². The third-order valence-corrected chi connectivity index (χ3v) is 2.77. The molecular formula is C13H17N5O3. The van der Waals surface area contributed by atoms with Gasteiger partial charge in [0.25, 0.3) is 0 Å². The van der Waals surface area contributed by atoms with Gasteiger partial charge >= 0.3 is 5.69 Å². The highest BCUT2D eigenvalue weighted by atomic mass is 16.6. The lowest BCUT2D eigenvalue weighted by Crippen LogP contribution is -2.20. The normalized spacial score (nSPS) is 11.9. The van der Waals surface area contributed by atoms with Crippen LogP contribution in [0.5, 0.6) is 0 Å². The number of nitrogens with zero attached hydrogens (tertiary/aromatic N) is 3. The van der Waals surface area contributed by atoms with Crippen molar-refractivity contribution in [2.24, 2.45) is 0 Å². The van der Waals surface area contributed by atoms with Crippen LogP contribution in [-0.2, 0) is 6.42 Å². The van der Waals surface area contributed by atoms with Crippen molar-refractivity contribution in [3.63, 3.8) is 0 Å². The van der Waals surface area contributed by atoms with Gasteiger partial charge in [-0.1, -0.05) is 0 Å². The van der Waals surface area contributed by atoms with Gasteiger partial charge in [0.1, 0.15) is 12.0 Å². The van der Waals surface area contributed by atoms with Gasteiger partial charge in [-0.05, 0) is 26.0 Å². The lowest BCUT2D eigenvalue weighted by molar-refractivity contribution is -0.384. The van der Waals surface area contributed by atoms with E-state index in [1.807, 2.05) is 19.9 Å². The van der Waals surface area contributed by atoms with E-state index in [0.29, 0.717) is 18.9 Å². The molecule has 2 heterocycles. The molecule has 21 heavy (non-hydrogen) atoms. The highest BCUT2D eigenvalue weighted by Crippen LogP contribution is 2.23. The third kappa shape index (κ3) is 3.91. The van der Waals surface area contributed by atoms with Gasteiger partial charge in [0.15, 0.2) is 0 Å². The van der Waals surface area contributed by atoms with Crippen molar-refractivity contribution >= 4 is 17.5 Å². The molecule has 0 bridgehead atoms. The molecule has 2 rings (SSSR count). The Bertz CT molecular complexity index is 600. The van der Waals surface area contributed by atoms with Gasteiger partial charge in [0.2, 0.25) is 11.8 Å². The van der Waals surface area contributed by atoms with E-state index in [1.54, 1.807) is 12.3 Å². The Labute approximate surface area is 121 Å². The Hall–Kier alpha value is -2.64. The number of nitro groups is 1. The minimum Gasteiger partial charge on any atom is -0.469 e. The molecule has 0 aliphatic heterocycles. The van der Waals surface area contributed by atoms with Crippen LogP contribution in [0.2, 0.25) is 0 Å². The Morgan fingerprint density at radius 2 is 2.33 bits per heavy atom. The number of anilines is 2. The van der Waals surface area contributed by atoms with Crippen molar-refractivity contribution in [3.8, 4) is 0 Å². The Morgan fingerprint density at radius 3 is 2.95 bits per heavy atom. The minimum absolute atomic E-state index is 0.0702. The second-order valence-electron chi connectivity index (χ2n) is 4.54. The molecule has 8 nitrogen and oxygen atoms in total. The average Bonchev–Trinajstić information content (AvgIpc) is 2.91. The summed E-state index contributed by atoms with van der Waals surface area (Å²) in [6, 6.07) is 3.59. The fourth-order valence-electron chi connectivity index (χ4n) is 1.87. The van der Waals surface area contributed by atoms with Crippen LogP contribution in [0, 0.1) is 10.1 Å². The summed E-state index contributed by atoms with van der Waals surface area (Å²) >= 11 is 0. The summed E-state index contributed by atoms with van der Waals surface area (Å²) in [5, 5.41) is 17.0. The molecule has 8 heteroatoms. The zero-order chi connectivity index (χ0) is 15.2. The lowest BCUT2D eigenvalue weighted by Gasteiger charge is -2.13. The molecule has 0 radical (unpaired) electrons. The molecule has 2 aromatic rings. The zero-order valence-corrected chi connectivity index (χ0v) is 11.9. The molecule has 0 fully saturated rings. The summed E-state index contributed by atoms with van der Waals surface area (Å²) in [6.07, 6.45) is 3.40. The van der Waals surface area contributed by atoms with E-state index in [1.165, 1.54) is 6.20 Å². The van der Waals surface area contributed by atoms with E-state index in [2.05, 4.69) is 20.6 Å². The summed E-state index contributed by atoms with van der Waals surface area (Å²) in [6.45, 7) is 4.44. The SMILES string of the molecule is CCNc1ncc([N+](=O)[O-])c(NC(C)Cc2ccco2)n1. The molecule has 1 unspecified atom stereocenters. The van der Waals surface area contributed by atoms with Gasteiger partial charge in [0.05, 0.1) is 11.2 Å². The number of furan rings is 1. The first kappa shape index (κ1) is 14.8. The molecule has 0 saturated carbocycles. The Kier molecular flexibility index (Phi) is 4.70. The monoisotopic (exact) mass is 291 g/mol. The van der Waals surface area contributed by atoms with E-state index in [0.717, 1.165) is 5.76 Å². The predicted octanol–water partition coefficient (Wildman–Crippen LogP) is 2.45. The molecular weight excluding hydrogens is 274 g/mol. The van der Waals surface area contributed by atoms with Crippen LogP contribution in [-0.4, -0.2) is 27.5 Å². The minimum atomic E-state index is -0.502. The summed E-state index contributed by atoms with van der Waals surface area (Å²) in [4.78, 5) is 18.6. The van der Waals surface area contributed by atoms with E-state index in [4.69, 9.17) is 4.42 Å². The van der Waals surface area contributed by atoms with Crippen LogP contribution in [0.1, 0.15) is 19.6 Å². The van der Waals surface area contributed by atoms with E-state index >= 15 is 0 Å². The fourth-order valence-corrected chi connectivity index (χ4v) is 1.87. The standard InChI is InChI=1S/C13H17N5O3/c1-3-14-13-15-8-11(18(19)20)12(17-13)16-9(2)7-10-5-4-6-21-10/h4-6,8-9H,3,7H2,1-2H3,(H2,14,15,16,17). The smallest absolute Gasteiger partial charge is 0.329 e. The van der Waals surface area contributed by atoms with Gasteiger partial charge in [0, 0.05) is 19.0 Å². The van der Waals surface area contributed by atoms with Crippen molar-refractivity contribution in [2.45, 2.75) is 26.3 Å². The zero-order valence-electron chi connectivity index (χ0n) is 11.9. The van der Waals surface area contributed by atoms with Crippen LogP contribution in [0.3, 0.4) is 0 Å². The number of hydrogen-bond donors (Lipinski definition) is 2. The molecule has 0 aliphatic carbocycles. The lowest BCUT2D eigenvalue weighted by atomic mass is 10.2. The summed E-state index contributed by atoms with van der Waals surface area (Å²) in [7, 11) is 0. The van der Waals surface area contributed by atoms with Crippen LogP contribution in [0.25, 0.3) is 0 Å². The number of rotatable bonds is 7. The maximum atomic E-state index is 11.0. The van der Waals surface area contributed by atoms with E-state index in [9.17, 15) is 10.1 Å². The Balaban J connectivity index is 2.15. The quantitative estimate of drug-likeness (QED) is 0.596. The highest BCUT2D eigenvalue weighted by molar-refractivity contribution is 5.57. The molecule has 0 saturated heterocycles. The topological polar surface area (TPSA) is 106 Å². The molecule has 0 aromatic carbocycles. The molecule has 112 valence electrons. The van der Waals surface area contributed by atoms with Crippen molar-refractivity contribution in [1.29, 1.82) is 0 Å². The summed E-state index contributed by atoms with van der Waals surface area (Å²) in [5.41, 5.74) is -0.150. The van der Waals surface area contributed by atoms with Crippen LogP contribution >= 0.6 is 0 Å². The van der Waals surface area contributed by atoms with Gasteiger partial charge in [-0.15, -0.1) is 0 Å². The summed E-state index contributed by atoms with van der Waals surface area (Å²) in [5.74, 6) is 1.36. The van der Waals surface area contributed by atoms with Crippen LogP contribution in [0.4, 0.5) is 17.5 Å². The van der Waals surface area contributed by atoms with Crippen molar-refractivity contribution in [3.05, 3.63) is 40.5 Å². The second-order valence-corrected chi connectivity index (χ2v) is 4.54. The first-order chi connectivity index (χ1) is 10.1. The predicted molar refractivity (Wildman–Crippen MR) is 78.3 cm³/mol. The first-order valence-corrected chi connectivity index (χ1v) is 6.64. The summed E-state index contributed by atoms with van der Waals surface area (Å²) < 4.78 is 5.26. The van der Waals surface area contributed by atoms with Crippen LogP contribution in [0.15, 0.2) is 29.0 Å². The van der Waals surface area contributed by atoms with Gasteiger partial charge in [-0.2, -0.15) is 4.98 Å². The highest BCUT2D eigenvalue weighted by Gasteiger charge is 2.19. The molecule has 0 aliphatic rings.